The van der Waals surface area contributed by atoms with Crippen LogP contribution < -0.4 is 0 Å². The lowest BCUT2D eigenvalue weighted by Crippen LogP contribution is -2.64. The van der Waals surface area contributed by atoms with Crippen molar-refractivity contribution in [2.24, 2.45) is 50.7 Å². The van der Waals surface area contributed by atoms with Crippen molar-refractivity contribution in [3.63, 3.8) is 0 Å². The molecule has 8 unspecified atom stereocenters. The Kier molecular flexibility index (Phi) is 4.87. The van der Waals surface area contributed by atoms with Crippen LogP contribution in [0.5, 0.6) is 0 Å². The highest BCUT2D eigenvalue weighted by Crippen LogP contribution is 2.75. The summed E-state index contributed by atoms with van der Waals surface area (Å²) in [5, 5.41) is 0. The summed E-state index contributed by atoms with van der Waals surface area (Å²) in [7, 11) is 0. The van der Waals surface area contributed by atoms with Gasteiger partial charge in [0, 0.05) is 4.75 Å². The van der Waals surface area contributed by atoms with Crippen LogP contribution in [0.1, 0.15) is 120 Å². The smallest absolute Gasteiger partial charge is 0.0196 e. The molecule has 0 aromatic heterocycles. The van der Waals surface area contributed by atoms with Crippen molar-refractivity contribution in [2.75, 3.05) is 0 Å². The number of rotatable bonds is 0. The molecule has 0 amide bonds. The summed E-state index contributed by atoms with van der Waals surface area (Å²) in [4.78, 5) is 0. The van der Waals surface area contributed by atoms with Gasteiger partial charge >= 0.3 is 0 Å². The van der Waals surface area contributed by atoms with Gasteiger partial charge in [0.15, 0.2) is 0 Å². The fourth-order valence-corrected chi connectivity index (χ4v) is 10.9. The predicted molar refractivity (Wildman–Crippen MR) is 137 cm³/mol. The standard InChI is InChI=1S/C30H50S/c1-20-11-13-27(6)23(26(20,4)5)12-14-29(8)24(27)10-9-21-22-19-25(2,3)15-17-30(22,31)18-16-28(21,29)7/h9,20,22-24,31H,10-19H2,1-8H3. The molecule has 176 valence electrons. The van der Waals surface area contributed by atoms with Crippen LogP contribution in [-0.2, 0) is 0 Å². The summed E-state index contributed by atoms with van der Waals surface area (Å²) in [5.41, 5.74) is 4.15. The van der Waals surface area contributed by atoms with Crippen molar-refractivity contribution in [2.45, 2.75) is 124 Å². The minimum Gasteiger partial charge on any atom is -0.172 e. The molecule has 4 saturated carbocycles. The molecule has 0 aromatic rings. The van der Waals surface area contributed by atoms with E-state index in [9.17, 15) is 0 Å². The van der Waals surface area contributed by atoms with E-state index in [-0.39, 0.29) is 4.75 Å². The molecule has 5 aliphatic rings. The molecule has 0 bridgehead atoms. The quantitative estimate of drug-likeness (QED) is 0.280. The van der Waals surface area contributed by atoms with Crippen molar-refractivity contribution < 1.29 is 0 Å². The van der Waals surface area contributed by atoms with E-state index in [4.69, 9.17) is 12.6 Å². The molecule has 0 aromatic carbocycles. The van der Waals surface area contributed by atoms with Crippen LogP contribution in [0.4, 0.5) is 0 Å². The van der Waals surface area contributed by atoms with Crippen LogP contribution in [0.15, 0.2) is 11.6 Å². The lowest BCUT2D eigenvalue weighted by Gasteiger charge is -2.71. The van der Waals surface area contributed by atoms with Crippen molar-refractivity contribution in [1.82, 2.24) is 0 Å². The Morgan fingerprint density at radius 3 is 2.19 bits per heavy atom. The molecule has 4 fully saturated rings. The lowest BCUT2D eigenvalue weighted by atomic mass is 9.34. The van der Waals surface area contributed by atoms with Crippen LogP contribution in [0, 0.1) is 50.7 Å². The summed E-state index contributed by atoms with van der Waals surface area (Å²) in [6.45, 7) is 20.9. The summed E-state index contributed by atoms with van der Waals surface area (Å²) in [6, 6.07) is 0. The molecule has 0 spiro atoms. The van der Waals surface area contributed by atoms with Crippen LogP contribution in [0.25, 0.3) is 0 Å². The van der Waals surface area contributed by atoms with Crippen molar-refractivity contribution in [3.05, 3.63) is 11.6 Å². The SMILES string of the molecule is CC1CCC2(C)C(CCC3(C)C2CC=C2C4CC(C)(C)CCC4(S)CCC23C)C1(C)C. The van der Waals surface area contributed by atoms with Gasteiger partial charge in [-0.05, 0) is 115 Å². The maximum Gasteiger partial charge on any atom is 0.0196 e. The highest BCUT2D eigenvalue weighted by atomic mass is 32.1. The summed E-state index contributed by atoms with van der Waals surface area (Å²) in [6.07, 6.45) is 16.6. The molecule has 0 heterocycles. The second-order valence-electron chi connectivity index (χ2n) is 15.1. The Bertz CT molecular complexity index is 790. The molecule has 5 aliphatic carbocycles. The van der Waals surface area contributed by atoms with Gasteiger partial charge in [-0.25, -0.2) is 0 Å². The fourth-order valence-electron chi connectivity index (χ4n) is 10.4. The number of allylic oxidation sites excluding steroid dienone is 2. The van der Waals surface area contributed by atoms with E-state index in [2.05, 4.69) is 61.5 Å². The monoisotopic (exact) mass is 442 g/mol. The molecule has 0 saturated heterocycles. The molecule has 0 nitrogen and oxygen atoms in total. The number of fused-ring (bicyclic) bond motifs is 7. The average Bonchev–Trinajstić information content (AvgIpc) is 2.67. The molecular weight excluding hydrogens is 392 g/mol. The third kappa shape index (κ3) is 2.86. The Hall–Kier alpha value is 0.0900. The maximum absolute atomic E-state index is 5.44. The Balaban J connectivity index is 1.57. The van der Waals surface area contributed by atoms with E-state index in [1.54, 1.807) is 0 Å². The lowest BCUT2D eigenvalue weighted by molar-refractivity contribution is -0.185. The molecule has 1 heteroatoms. The largest absolute Gasteiger partial charge is 0.172 e. The van der Waals surface area contributed by atoms with Gasteiger partial charge in [0.2, 0.25) is 0 Å². The van der Waals surface area contributed by atoms with E-state index in [1.807, 2.05) is 5.57 Å². The van der Waals surface area contributed by atoms with Crippen LogP contribution in [-0.4, -0.2) is 4.75 Å². The Morgan fingerprint density at radius 2 is 1.48 bits per heavy atom. The zero-order valence-electron chi connectivity index (χ0n) is 21.9. The number of hydrogen-bond acceptors (Lipinski definition) is 1. The molecule has 31 heavy (non-hydrogen) atoms. The van der Waals surface area contributed by atoms with Gasteiger partial charge in [-0.15, -0.1) is 0 Å². The second-order valence-corrected chi connectivity index (χ2v) is 16.0. The molecule has 0 N–H and O–H groups in total. The van der Waals surface area contributed by atoms with Crippen molar-refractivity contribution in [1.29, 1.82) is 0 Å². The van der Waals surface area contributed by atoms with Gasteiger partial charge in [-0.1, -0.05) is 67.0 Å². The first-order chi connectivity index (χ1) is 14.2. The van der Waals surface area contributed by atoms with E-state index in [1.165, 1.54) is 64.2 Å². The van der Waals surface area contributed by atoms with Crippen LogP contribution in [0.3, 0.4) is 0 Å². The fraction of sp³-hybridized carbons (Fsp3) is 0.933. The van der Waals surface area contributed by atoms with Gasteiger partial charge in [0.25, 0.3) is 0 Å². The average molecular weight is 443 g/mol. The zero-order valence-corrected chi connectivity index (χ0v) is 22.8. The van der Waals surface area contributed by atoms with E-state index in [0.29, 0.717) is 33.0 Å². The highest BCUT2D eigenvalue weighted by Gasteiger charge is 2.67. The maximum atomic E-state index is 5.44. The first-order valence-corrected chi connectivity index (χ1v) is 14.1. The normalized spacial score (nSPS) is 55.2. The van der Waals surface area contributed by atoms with Gasteiger partial charge in [-0.2, -0.15) is 12.6 Å². The van der Waals surface area contributed by atoms with Gasteiger partial charge in [0.1, 0.15) is 0 Å². The third-order valence-corrected chi connectivity index (χ3v) is 13.9. The van der Waals surface area contributed by atoms with Crippen molar-refractivity contribution >= 4 is 12.6 Å². The van der Waals surface area contributed by atoms with Gasteiger partial charge in [0.05, 0.1) is 0 Å². The molecule has 0 radical (unpaired) electrons. The molecule has 5 rings (SSSR count). The van der Waals surface area contributed by atoms with E-state index < -0.39 is 0 Å². The summed E-state index contributed by atoms with van der Waals surface area (Å²) < 4.78 is 0.257. The van der Waals surface area contributed by atoms with Gasteiger partial charge < -0.3 is 0 Å². The molecular formula is C30H50S. The van der Waals surface area contributed by atoms with Gasteiger partial charge in [-0.3, -0.25) is 0 Å². The van der Waals surface area contributed by atoms with E-state index >= 15 is 0 Å². The first-order valence-electron chi connectivity index (χ1n) is 13.6. The molecule has 0 aliphatic heterocycles. The predicted octanol–water partition coefficient (Wildman–Crippen LogP) is 9.11. The second kappa shape index (κ2) is 6.60. The zero-order chi connectivity index (χ0) is 22.7. The number of thiol groups is 1. The van der Waals surface area contributed by atoms with Crippen molar-refractivity contribution in [3.8, 4) is 0 Å². The first kappa shape index (κ1) is 22.9. The van der Waals surface area contributed by atoms with Crippen LogP contribution in [0.2, 0.25) is 0 Å². The summed E-state index contributed by atoms with van der Waals surface area (Å²) >= 11 is 5.44. The Labute approximate surface area is 199 Å². The third-order valence-electron chi connectivity index (χ3n) is 13.1. The molecule has 8 atom stereocenters. The van der Waals surface area contributed by atoms with Crippen LogP contribution >= 0.6 is 12.6 Å². The number of hydrogen-bond donors (Lipinski definition) is 1. The highest BCUT2D eigenvalue weighted by molar-refractivity contribution is 7.81. The van der Waals surface area contributed by atoms with E-state index in [0.717, 1.165) is 17.8 Å². The minimum atomic E-state index is 0.257. The Morgan fingerprint density at radius 1 is 0.806 bits per heavy atom. The minimum absolute atomic E-state index is 0.257. The summed E-state index contributed by atoms with van der Waals surface area (Å²) in [5.74, 6) is 3.30. The topological polar surface area (TPSA) is 0 Å².